The van der Waals surface area contributed by atoms with Crippen LogP contribution in [0.5, 0.6) is 0 Å². The molecular formula is C20H18N4O4S2. The van der Waals surface area contributed by atoms with Gasteiger partial charge in [0.15, 0.2) is 5.16 Å². The van der Waals surface area contributed by atoms with E-state index in [1.54, 1.807) is 23.5 Å². The number of nitrogens with zero attached hydrogens (tertiary/aromatic N) is 4. The molecule has 2 aromatic heterocycles. The van der Waals surface area contributed by atoms with Crippen LogP contribution in [0.3, 0.4) is 0 Å². The largest absolute Gasteiger partial charge is 0.466 e. The Balaban J connectivity index is 1.62. The number of aromatic nitrogens is 3. The smallest absolute Gasteiger partial charge is 0.330 e. The monoisotopic (exact) mass is 442 g/mol. The van der Waals surface area contributed by atoms with Crippen molar-refractivity contribution >= 4 is 40.8 Å². The molecule has 0 aliphatic heterocycles. The van der Waals surface area contributed by atoms with Gasteiger partial charge >= 0.3 is 5.97 Å². The SMILES string of the molecule is COC(=O)/C=C/c1ccc(Sc2nnc(Cc3cccs3)n2C2CC2)c([N+](=O)[O-])c1. The summed E-state index contributed by atoms with van der Waals surface area (Å²) >= 11 is 2.92. The molecule has 154 valence electrons. The van der Waals surface area contributed by atoms with E-state index >= 15 is 0 Å². The van der Waals surface area contributed by atoms with Crippen LogP contribution in [0.25, 0.3) is 6.08 Å². The molecule has 10 heteroatoms. The summed E-state index contributed by atoms with van der Waals surface area (Å²) in [7, 11) is 1.28. The average Bonchev–Trinajstić information content (AvgIpc) is 3.30. The molecule has 1 aromatic carbocycles. The zero-order valence-corrected chi connectivity index (χ0v) is 17.7. The number of nitro groups is 1. The Bertz CT molecular complexity index is 1100. The third-order valence-corrected chi connectivity index (χ3v) is 6.46. The summed E-state index contributed by atoms with van der Waals surface area (Å²) in [5.41, 5.74) is 0.496. The van der Waals surface area contributed by atoms with Gasteiger partial charge in [-0.05, 0) is 53.8 Å². The highest BCUT2D eigenvalue weighted by atomic mass is 32.2. The molecule has 3 aromatic rings. The van der Waals surface area contributed by atoms with E-state index in [0.29, 0.717) is 28.1 Å². The Morgan fingerprint density at radius 3 is 2.90 bits per heavy atom. The summed E-state index contributed by atoms with van der Waals surface area (Å²) in [6, 6.07) is 9.25. The maximum absolute atomic E-state index is 11.6. The lowest BCUT2D eigenvalue weighted by Gasteiger charge is -2.09. The van der Waals surface area contributed by atoms with Gasteiger partial charge in [0, 0.05) is 29.5 Å². The molecule has 0 N–H and O–H groups in total. The van der Waals surface area contributed by atoms with E-state index in [1.807, 2.05) is 11.4 Å². The van der Waals surface area contributed by atoms with Crippen molar-refractivity contribution in [3.63, 3.8) is 0 Å². The Labute approximate surface area is 180 Å². The zero-order valence-electron chi connectivity index (χ0n) is 16.1. The van der Waals surface area contributed by atoms with Crippen LogP contribution < -0.4 is 0 Å². The molecule has 30 heavy (non-hydrogen) atoms. The van der Waals surface area contributed by atoms with Crippen LogP contribution in [0.1, 0.15) is 35.1 Å². The van der Waals surface area contributed by atoms with Crippen LogP contribution in [0.4, 0.5) is 5.69 Å². The van der Waals surface area contributed by atoms with Crippen molar-refractivity contribution in [1.29, 1.82) is 0 Å². The number of hydrogen-bond acceptors (Lipinski definition) is 8. The Hall–Kier alpha value is -2.98. The number of ether oxygens (including phenoxy) is 1. The molecular weight excluding hydrogens is 424 g/mol. The predicted molar refractivity (Wildman–Crippen MR) is 114 cm³/mol. The van der Waals surface area contributed by atoms with E-state index in [2.05, 4.69) is 25.6 Å². The summed E-state index contributed by atoms with van der Waals surface area (Å²) in [4.78, 5) is 24.2. The highest BCUT2D eigenvalue weighted by Gasteiger charge is 2.30. The van der Waals surface area contributed by atoms with Gasteiger partial charge in [-0.3, -0.25) is 10.1 Å². The molecule has 0 unspecified atom stereocenters. The fraction of sp³-hybridized carbons (Fsp3) is 0.250. The second-order valence-electron chi connectivity index (χ2n) is 6.70. The number of thiophene rings is 1. The van der Waals surface area contributed by atoms with Crippen LogP contribution in [0, 0.1) is 10.1 Å². The molecule has 4 rings (SSSR count). The fourth-order valence-corrected chi connectivity index (χ4v) is 4.67. The van der Waals surface area contributed by atoms with Gasteiger partial charge in [-0.2, -0.15) is 0 Å². The van der Waals surface area contributed by atoms with Gasteiger partial charge in [-0.15, -0.1) is 21.5 Å². The zero-order chi connectivity index (χ0) is 21.1. The first-order chi connectivity index (χ1) is 14.5. The topological polar surface area (TPSA) is 100 Å². The van der Waals surface area contributed by atoms with E-state index in [9.17, 15) is 14.9 Å². The number of benzene rings is 1. The number of carbonyl (C=O) groups excluding carboxylic acids is 1. The molecule has 8 nitrogen and oxygen atoms in total. The fourth-order valence-electron chi connectivity index (χ4n) is 2.96. The molecule has 1 fully saturated rings. The molecule has 0 saturated heterocycles. The maximum atomic E-state index is 11.6. The third-order valence-electron chi connectivity index (χ3n) is 4.55. The second kappa shape index (κ2) is 8.80. The summed E-state index contributed by atoms with van der Waals surface area (Å²) in [5.74, 6) is 0.356. The lowest BCUT2D eigenvalue weighted by Crippen LogP contribution is -2.03. The number of rotatable bonds is 8. The minimum absolute atomic E-state index is 0.0443. The molecule has 2 heterocycles. The standard InChI is InChI=1S/C20H18N4O4S2/c1-28-19(25)9-5-13-4-8-17(16(11-13)24(26)27)30-20-22-21-18(23(20)14-6-7-14)12-15-3-2-10-29-15/h2-5,8-11,14H,6-7,12H2,1H3/b9-5+. The molecule has 1 saturated carbocycles. The number of methoxy groups -OCH3 is 1. The molecule has 0 atom stereocenters. The van der Waals surface area contributed by atoms with Crippen LogP contribution in [0.15, 0.2) is 51.8 Å². The van der Waals surface area contributed by atoms with E-state index in [1.165, 1.54) is 42.0 Å². The molecule has 0 radical (unpaired) electrons. The van der Waals surface area contributed by atoms with Gasteiger partial charge in [-0.1, -0.05) is 12.1 Å². The first kappa shape index (κ1) is 20.3. The van der Waals surface area contributed by atoms with Crippen molar-refractivity contribution in [3.8, 4) is 0 Å². The molecule has 1 aliphatic carbocycles. The van der Waals surface area contributed by atoms with Gasteiger partial charge in [0.2, 0.25) is 0 Å². The van der Waals surface area contributed by atoms with Gasteiger partial charge < -0.3 is 9.30 Å². The van der Waals surface area contributed by atoms with Crippen molar-refractivity contribution in [1.82, 2.24) is 14.8 Å². The van der Waals surface area contributed by atoms with Crippen LogP contribution in [-0.4, -0.2) is 32.8 Å². The van der Waals surface area contributed by atoms with Gasteiger partial charge in [-0.25, -0.2) is 4.79 Å². The van der Waals surface area contributed by atoms with Crippen molar-refractivity contribution in [3.05, 3.63) is 68.2 Å². The Morgan fingerprint density at radius 2 is 2.23 bits per heavy atom. The normalized spacial score (nSPS) is 13.6. The van der Waals surface area contributed by atoms with Gasteiger partial charge in [0.25, 0.3) is 5.69 Å². The van der Waals surface area contributed by atoms with Crippen LogP contribution >= 0.6 is 23.1 Å². The lowest BCUT2D eigenvalue weighted by atomic mass is 10.2. The highest BCUT2D eigenvalue weighted by molar-refractivity contribution is 7.99. The van der Waals surface area contributed by atoms with Crippen LogP contribution in [-0.2, 0) is 16.0 Å². The highest BCUT2D eigenvalue weighted by Crippen LogP contribution is 2.42. The molecule has 0 bridgehead atoms. The van der Waals surface area contributed by atoms with Gasteiger partial charge in [0.05, 0.1) is 16.9 Å². The van der Waals surface area contributed by atoms with Gasteiger partial charge in [0.1, 0.15) is 5.82 Å². The predicted octanol–water partition coefficient (Wildman–Crippen LogP) is 4.51. The summed E-state index contributed by atoms with van der Waals surface area (Å²) < 4.78 is 6.66. The lowest BCUT2D eigenvalue weighted by molar-refractivity contribution is -0.387. The minimum atomic E-state index is -0.521. The quantitative estimate of drug-likeness (QED) is 0.219. The number of esters is 1. The van der Waals surface area contributed by atoms with Crippen molar-refractivity contribution in [2.75, 3.05) is 7.11 Å². The van der Waals surface area contributed by atoms with E-state index in [-0.39, 0.29) is 5.69 Å². The second-order valence-corrected chi connectivity index (χ2v) is 8.74. The van der Waals surface area contributed by atoms with Crippen molar-refractivity contribution in [2.45, 2.75) is 35.4 Å². The molecule has 0 spiro atoms. The Morgan fingerprint density at radius 1 is 1.40 bits per heavy atom. The summed E-state index contributed by atoms with van der Waals surface area (Å²) in [6.45, 7) is 0. The summed E-state index contributed by atoms with van der Waals surface area (Å²) in [6.07, 6.45) is 5.53. The number of hydrogen-bond donors (Lipinski definition) is 0. The number of nitro benzene ring substituents is 1. The number of carbonyl (C=O) groups is 1. The first-order valence-electron chi connectivity index (χ1n) is 9.23. The Kier molecular flexibility index (Phi) is 5.96. The van der Waals surface area contributed by atoms with E-state index in [4.69, 9.17) is 0 Å². The van der Waals surface area contributed by atoms with Crippen molar-refractivity contribution in [2.24, 2.45) is 0 Å². The molecule has 0 amide bonds. The van der Waals surface area contributed by atoms with E-state index < -0.39 is 10.9 Å². The summed E-state index contributed by atoms with van der Waals surface area (Å²) in [5, 5.41) is 23.0. The maximum Gasteiger partial charge on any atom is 0.330 e. The minimum Gasteiger partial charge on any atom is -0.466 e. The van der Waals surface area contributed by atoms with E-state index in [0.717, 1.165) is 18.7 Å². The third kappa shape index (κ3) is 4.60. The first-order valence-corrected chi connectivity index (χ1v) is 10.9. The molecule has 1 aliphatic rings. The average molecular weight is 443 g/mol. The van der Waals surface area contributed by atoms with Crippen molar-refractivity contribution < 1.29 is 14.5 Å². The van der Waals surface area contributed by atoms with Crippen LogP contribution in [0.2, 0.25) is 0 Å².